The number of nitrogens with zero attached hydrogens (tertiary/aromatic N) is 1. The second-order valence-electron chi connectivity index (χ2n) is 2.47. The van der Waals surface area contributed by atoms with E-state index in [0.29, 0.717) is 0 Å². The minimum Gasteiger partial charge on any atom is -0.481 e. The first-order valence-corrected chi connectivity index (χ1v) is 3.88. The fourth-order valence-electron chi connectivity index (χ4n) is 0.925. The highest BCUT2D eigenvalue weighted by Gasteiger charge is 2.57. The van der Waals surface area contributed by atoms with Crippen molar-refractivity contribution in [1.29, 1.82) is 0 Å². The van der Waals surface area contributed by atoms with E-state index in [2.05, 4.69) is 0 Å². The van der Waals surface area contributed by atoms with Gasteiger partial charge in [0, 0.05) is 0 Å². The monoisotopic (exact) mass is 227 g/mol. The fraction of sp³-hybridized carbons (Fsp3) is 0.400. The minimum absolute atomic E-state index is 0.593. The maximum absolute atomic E-state index is 11.0. The number of hydrogen-bond acceptors (Lipinski definition) is 3. The van der Waals surface area contributed by atoms with Crippen LogP contribution in [0.3, 0.4) is 0 Å². The van der Waals surface area contributed by atoms with E-state index in [0.717, 1.165) is 0 Å². The van der Waals surface area contributed by atoms with E-state index in [1.54, 1.807) is 0 Å². The van der Waals surface area contributed by atoms with Crippen molar-refractivity contribution in [2.24, 2.45) is 0 Å². The van der Waals surface area contributed by atoms with Gasteiger partial charge in [-0.25, -0.2) is 10.1 Å². The van der Waals surface area contributed by atoms with Gasteiger partial charge in [0.15, 0.2) is 23.6 Å². The number of carboxylic acid groups (broad SMARTS) is 1. The second kappa shape index (κ2) is 3.13. The van der Waals surface area contributed by atoms with E-state index in [1.807, 2.05) is 5.32 Å². The summed E-state index contributed by atoms with van der Waals surface area (Å²) in [6, 6.07) is -2.21. The van der Waals surface area contributed by atoms with Crippen molar-refractivity contribution in [1.82, 2.24) is 5.32 Å². The van der Waals surface area contributed by atoms with Crippen LogP contribution in [0.15, 0.2) is 0 Å². The molecule has 8 heteroatoms. The molecule has 1 atom stereocenters. The van der Waals surface area contributed by atoms with Crippen LogP contribution in [-0.4, -0.2) is 32.6 Å². The van der Waals surface area contributed by atoms with Crippen molar-refractivity contribution < 1.29 is 23.0 Å². The van der Waals surface area contributed by atoms with E-state index in [9.17, 15) is 14.4 Å². The van der Waals surface area contributed by atoms with Crippen LogP contribution in [0.5, 0.6) is 0 Å². The molecule has 1 saturated heterocycles. The summed E-state index contributed by atoms with van der Waals surface area (Å²) >= 11 is 10.9. The lowest BCUT2D eigenvalue weighted by molar-refractivity contribution is -0.609. The zero-order valence-electron chi connectivity index (χ0n) is 6.16. The number of amides is 3. The van der Waals surface area contributed by atoms with E-state index in [4.69, 9.17) is 28.7 Å². The van der Waals surface area contributed by atoms with Gasteiger partial charge in [-0.3, -0.25) is 9.59 Å². The maximum atomic E-state index is 11.0. The number of carboxylic acids is 1. The molecule has 72 valence electrons. The Morgan fingerprint density at radius 3 is 2.38 bits per heavy atom. The molecular weight excluding hydrogens is 223 g/mol. The summed E-state index contributed by atoms with van der Waals surface area (Å²) in [6.45, 7) is 0. The Bertz CT molecular complexity index is 290. The number of carbonyl (C=O) groups excluding carboxylic acids is 2. The van der Waals surface area contributed by atoms with E-state index in [-0.39, 0.29) is 0 Å². The highest BCUT2D eigenvalue weighted by molar-refractivity contribution is 6.33. The maximum Gasteiger partial charge on any atom is 0.460 e. The number of hydrogen-bond donors (Lipinski definition) is 2. The van der Waals surface area contributed by atoms with Gasteiger partial charge in [0.2, 0.25) is 6.04 Å². The standard InChI is InChI=1S/C5H4Cl2N2O4/c6-9(7)2(1-3(10)11)4(12)8-5(9)13/h2H,1H2,(H-,8,10,11,12,13)/p+1. The molecule has 2 N–H and O–H groups in total. The predicted molar refractivity (Wildman–Crippen MR) is 41.5 cm³/mol. The van der Waals surface area contributed by atoms with Gasteiger partial charge in [-0.2, -0.15) is 0 Å². The van der Waals surface area contributed by atoms with E-state index >= 15 is 0 Å². The molecule has 0 spiro atoms. The molecule has 0 aliphatic carbocycles. The van der Waals surface area contributed by atoms with Gasteiger partial charge in [0.05, 0.1) is 0 Å². The van der Waals surface area contributed by atoms with Crippen LogP contribution in [0.2, 0.25) is 0 Å². The average molecular weight is 228 g/mol. The van der Waals surface area contributed by atoms with Crippen LogP contribution in [-0.2, 0) is 9.59 Å². The highest BCUT2D eigenvalue weighted by Crippen LogP contribution is 2.30. The van der Waals surface area contributed by atoms with Crippen LogP contribution in [0.4, 0.5) is 4.79 Å². The molecule has 3 amide bonds. The van der Waals surface area contributed by atoms with Crippen molar-refractivity contribution in [3.05, 3.63) is 0 Å². The van der Waals surface area contributed by atoms with E-state index in [1.165, 1.54) is 0 Å². The first kappa shape index (κ1) is 10.2. The zero-order valence-corrected chi connectivity index (χ0v) is 7.67. The summed E-state index contributed by atoms with van der Waals surface area (Å²) in [5.74, 6) is -2.03. The number of carbonyl (C=O) groups is 3. The molecule has 0 aromatic rings. The van der Waals surface area contributed by atoms with Crippen LogP contribution in [0.1, 0.15) is 6.42 Å². The average Bonchev–Trinajstić information content (AvgIpc) is 2.13. The van der Waals surface area contributed by atoms with Gasteiger partial charge < -0.3 is 5.11 Å². The molecule has 0 aromatic carbocycles. The molecule has 1 heterocycles. The molecule has 1 rings (SSSR count). The molecule has 0 aromatic heterocycles. The van der Waals surface area contributed by atoms with Crippen LogP contribution < -0.4 is 5.32 Å². The van der Waals surface area contributed by atoms with E-state index < -0.39 is 33.9 Å². The van der Waals surface area contributed by atoms with Crippen LogP contribution >= 0.6 is 23.6 Å². The molecule has 1 aliphatic heterocycles. The summed E-state index contributed by atoms with van der Waals surface area (Å²) in [7, 11) is 0. The number of halogens is 2. The third-order valence-electron chi connectivity index (χ3n) is 1.56. The molecule has 1 aliphatic rings. The van der Waals surface area contributed by atoms with Crippen LogP contribution in [0.25, 0.3) is 0 Å². The van der Waals surface area contributed by atoms with Gasteiger partial charge in [0.1, 0.15) is 6.42 Å². The van der Waals surface area contributed by atoms with Crippen LogP contribution in [0, 0.1) is 0 Å². The zero-order chi connectivity index (χ0) is 10.2. The lowest BCUT2D eigenvalue weighted by atomic mass is 10.2. The Labute approximate surface area is 82.8 Å². The lowest BCUT2D eigenvalue weighted by Gasteiger charge is -2.12. The SMILES string of the molecule is O=C(O)CC1C(=O)NC(=O)[N+]1(Cl)Cl. The first-order valence-electron chi connectivity index (χ1n) is 3.21. The first-order chi connectivity index (χ1) is 5.85. The fourth-order valence-corrected chi connectivity index (χ4v) is 1.32. The summed E-state index contributed by atoms with van der Waals surface area (Å²) in [4.78, 5) is 32.1. The lowest BCUT2D eigenvalue weighted by Crippen LogP contribution is -2.40. The van der Waals surface area contributed by atoms with Gasteiger partial charge in [0.25, 0.3) is 5.91 Å². The van der Waals surface area contributed by atoms with Gasteiger partial charge in [-0.1, -0.05) is 0 Å². The van der Waals surface area contributed by atoms with Crippen molar-refractivity contribution >= 4 is 41.5 Å². The van der Waals surface area contributed by atoms with Gasteiger partial charge >= 0.3 is 12.0 Å². The Morgan fingerprint density at radius 2 is 2.08 bits per heavy atom. The molecule has 0 bridgehead atoms. The van der Waals surface area contributed by atoms with Crippen molar-refractivity contribution in [2.45, 2.75) is 12.5 Å². The number of aliphatic carboxylic acids is 1. The van der Waals surface area contributed by atoms with Gasteiger partial charge in [-0.15, -0.1) is 0 Å². The molecule has 0 radical (unpaired) electrons. The number of nitrogens with one attached hydrogen (secondary N) is 1. The van der Waals surface area contributed by atoms with Crippen molar-refractivity contribution in [3.63, 3.8) is 0 Å². The summed E-state index contributed by atoms with van der Waals surface area (Å²) < 4.78 is -1.30. The highest BCUT2D eigenvalue weighted by atomic mass is 35.5. The molecule has 1 fully saturated rings. The minimum atomic E-state index is -1.30. The molecule has 0 saturated carbocycles. The Morgan fingerprint density at radius 1 is 1.54 bits per heavy atom. The Kier molecular flexibility index (Phi) is 2.47. The second-order valence-corrected chi connectivity index (χ2v) is 3.70. The summed E-state index contributed by atoms with van der Waals surface area (Å²) in [5.41, 5.74) is 0. The molecule has 13 heavy (non-hydrogen) atoms. The molecule has 6 nitrogen and oxygen atoms in total. The number of imide groups is 1. The van der Waals surface area contributed by atoms with Crippen molar-refractivity contribution in [3.8, 4) is 0 Å². The third-order valence-corrected chi connectivity index (χ3v) is 2.34. The van der Waals surface area contributed by atoms with Crippen molar-refractivity contribution in [2.75, 3.05) is 0 Å². The number of urea groups is 1. The third kappa shape index (κ3) is 1.74. The Hall–Kier alpha value is -0.850. The largest absolute Gasteiger partial charge is 0.481 e. The van der Waals surface area contributed by atoms with Gasteiger partial charge in [-0.05, 0) is 3.52 Å². The summed E-state index contributed by atoms with van der Waals surface area (Å²) in [6.07, 6.45) is -0.593. The molecule has 1 unspecified atom stereocenters. The number of rotatable bonds is 2. The normalized spacial score (nSPS) is 25.8. The quantitative estimate of drug-likeness (QED) is 0.522. The number of quaternary nitrogens is 1. The smallest absolute Gasteiger partial charge is 0.460 e. The Balaban J connectivity index is 2.88. The topological polar surface area (TPSA) is 83.5 Å². The predicted octanol–water partition coefficient (Wildman–Crippen LogP) is 0.204. The summed E-state index contributed by atoms with van der Waals surface area (Å²) in [5, 5.41) is 10.2. The molecular formula is C5H5Cl2N2O4+.